The predicted octanol–water partition coefficient (Wildman–Crippen LogP) is 4.33. The Morgan fingerprint density at radius 1 is 1.30 bits per heavy atom. The molecule has 0 N–H and O–H groups in total. The minimum atomic E-state index is 0.211. The highest BCUT2D eigenvalue weighted by molar-refractivity contribution is 7.98. The van der Waals surface area contributed by atoms with E-state index in [1.165, 1.54) is 5.56 Å². The van der Waals surface area contributed by atoms with Gasteiger partial charge in [-0.1, -0.05) is 23.9 Å². The molecule has 1 aliphatic heterocycles. The Labute approximate surface area is 162 Å². The Morgan fingerprint density at radius 3 is 2.96 bits per heavy atom. The standard InChI is InChI=1S/C20H23N3O3S/c1-14-18(8-10-25-14)19-21-22-20(23(19)12-17-7-4-9-26-17)27-13-15-5-3-6-16(11-15)24-2/h3,5-6,8,10-11,17H,4,7,9,12-13H2,1-2H3. The maximum Gasteiger partial charge on any atom is 0.191 e. The number of benzene rings is 1. The van der Waals surface area contributed by atoms with Crippen LogP contribution in [-0.2, 0) is 17.0 Å². The van der Waals surface area contributed by atoms with Crippen molar-refractivity contribution in [3.05, 3.63) is 47.9 Å². The highest BCUT2D eigenvalue weighted by atomic mass is 32.2. The van der Waals surface area contributed by atoms with Crippen molar-refractivity contribution >= 4 is 11.8 Å². The van der Waals surface area contributed by atoms with Crippen LogP contribution < -0.4 is 4.74 Å². The summed E-state index contributed by atoms with van der Waals surface area (Å²) in [5, 5.41) is 9.81. The predicted molar refractivity (Wildman–Crippen MR) is 104 cm³/mol. The molecule has 1 aromatic carbocycles. The molecule has 0 amide bonds. The minimum absolute atomic E-state index is 0.211. The largest absolute Gasteiger partial charge is 0.497 e. The Hall–Kier alpha value is -2.25. The molecular weight excluding hydrogens is 362 g/mol. The van der Waals surface area contributed by atoms with Crippen LogP contribution in [0, 0.1) is 6.92 Å². The number of methoxy groups -OCH3 is 1. The first-order valence-electron chi connectivity index (χ1n) is 9.09. The van der Waals surface area contributed by atoms with Crippen molar-refractivity contribution < 1.29 is 13.9 Å². The van der Waals surface area contributed by atoms with Crippen molar-refractivity contribution in [3.8, 4) is 17.1 Å². The fourth-order valence-electron chi connectivity index (χ4n) is 3.28. The van der Waals surface area contributed by atoms with Crippen LogP contribution in [0.3, 0.4) is 0 Å². The number of hydrogen-bond acceptors (Lipinski definition) is 6. The monoisotopic (exact) mass is 385 g/mol. The third kappa shape index (κ3) is 4.04. The van der Waals surface area contributed by atoms with E-state index in [-0.39, 0.29) is 6.10 Å². The lowest BCUT2D eigenvalue weighted by molar-refractivity contribution is 0.0953. The summed E-state index contributed by atoms with van der Waals surface area (Å²) in [6, 6.07) is 10.0. The number of thioether (sulfide) groups is 1. The quantitative estimate of drug-likeness (QED) is 0.564. The second-order valence-corrected chi connectivity index (χ2v) is 7.52. The maximum atomic E-state index is 5.85. The van der Waals surface area contributed by atoms with Crippen molar-refractivity contribution in [2.24, 2.45) is 0 Å². The second-order valence-electron chi connectivity index (χ2n) is 6.58. The normalized spacial score (nSPS) is 16.7. The number of rotatable bonds is 7. The summed E-state index contributed by atoms with van der Waals surface area (Å²) < 4.78 is 18.8. The second kappa shape index (κ2) is 8.19. The average molecular weight is 385 g/mol. The molecule has 4 rings (SSSR count). The minimum Gasteiger partial charge on any atom is -0.497 e. The molecule has 1 unspecified atom stereocenters. The Bertz CT molecular complexity index is 900. The lowest BCUT2D eigenvalue weighted by atomic mass is 10.2. The van der Waals surface area contributed by atoms with Crippen LogP contribution in [0.2, 0.25) is 0 Å². The first-order chi connectivity index (χ1) is 13.2. The molecule has 2 aromatic heterocycles. The average Bonchev–Trinajstić information content (AvgIpc) is 3.43. The number of aryl methyl sites for hydroxylation is 1. The number of ether oxygens (including phenoxy) is 2. The first-order valence-corrected chi connectivity index (χ1v) is 10.1. The van der Waals surface area contributed by atoms with Crippen LogP contribution in [0.25, 0.3) is 11.4 Å². The molecule has 1 fully saturated rings. The van der Waals surface area contributed by atoms with E-state index in [9.17, 15) is 0 Å². The fourth-order valence-corrected chi connectivity index (χ4v) is 4.17. The van der Waals surface area contributed by atoms with Gasteiger partial charge in [-0.25, -0.2) is 0 Å². The highest BCUT2D eigenvalue weighted by Crippen LogP contribution is 2.30. The Kier molecular flexibility index (Phi) is 5.50. The summed E-state index contributed by atoms with van der Waals surface area (Å²) in [5.74, 6) is 3.35. The fraction of sp³-hybridized carbons (Fsp3) is 0.400. The molecule has 3 heterocycles. The summed E-state index contributed by atoms with van der Waals surface area (Å²) >= 11 is 1.67. The van der Waals surface area contributed by atoms with E-state index in [2.05, 4.69) is 26.9 Å². The zero-order valence-electron chi connectivity index (χ0n) is 15.6. The zero-order valence-corrected chi connectivity index (χ0v) is 16.4. The summed E-state index contributed by atoms with van der Waals surface area (Å²) in [7, 11) is 1.68. The van der Waals surface area contributed by atoms with Gasteiger partial charge in [0.2, 0.25) is 0 Å². The third-order valence-electron chi connectivity index (χ3n) is 4.73. The van der Waals surface area contributed by atoms with Gasteiger partial charge in [0, 0.05) is 12.4 Å². The summed E-state index contributed by atoms with van der Waals surface area (Å²) in [5.41, 5.74) is 2.17. The van der Waals surface area contributed by atoms with Crippen molar-refractivity contribution in [3.63, 3.8) is 0 Å². The van der Waals surface area contributed by atoms with E-state index < -0.39 is 0 Å². The molecule has 0 saturated carbocycles. The van der Waals surface area contributed by atoms with Crippen LogP contribution in [0.15, 0.2) is 46.2 Å². The summed E-state index contributed by atoms with van der Waals surface area (Å²) in [6.45, 7) is 3.54. The molecule has 0 radical (unpaired) electrons. The van der Waals surface area contributed by atoms with Gasteiger partial charge in [0.15, 0.2) is 11.0 Å². The molecule has 6 nitrogen and oxygen atoms in total. The molecule has 0 aliphatic carbocycles. The summed E-state index contributed by atoms with van der Waals surface area (Å²) in [6.07, 6.45) is 4.09. The van der Waals surface area contributed by atoms with E-state index >= 15 is 0 Å². The van der Waals surface area contributed by atoms with Gasteiger partial charge in [0.05, 0.1) is 31.6 Å². The number of nitrogens with zero attached hydrogens (tertiary/aromatic N) is 3. The Balaban J connectivity index is 1.59. The third-order valence-corrected chi connectivity index (χ3v) is 5.77. The van der Waals surface area contributed by atoms with E-state index in [0.29, 0.717) is 0 Å². The van der Waals surface area contributed by atoms with Crippen LogP contribution >= 0.6 is 11.8 Å². The lowest BCUT2D eigenvalue weighted by Gasteiger charge is -2.14. The van der Waals surface area contributed by atoms with Crippen LogP contribution in [0.4, 0.5) is 0 Å². The SMILES string of the molecule is COc1cccc(CSc2nnc(-c3ccoc3C)n2CC2CCCO2)c1. The van der Waals surface area contributed by atoms with E-state index in [0.717, 1.165) is 59.8 Å². The van der Waals surface area contributed by atoms with Crippen molar-refractivity contribution in [1.82, 2.24) is 14.8 Å². The van der Waals surface area contributed by atoms with Crippen LogP contribution in [-0.4, -0.2) is 34.6 Å². The van der Waals surface area contributed by atoms with Crippen LogP contribution in [0.5, 0.6) is 5.75 Å². The highest BCUT2D eigenvalue weighted by Gasteiger charge is 2.23. The number of furan rings is 1. The van der Waals surface area contributed by atoms with Gasteiger partial charge in [0.25, 0.3) is 0 Å². The first kappa shape index (κ1) is 18.1. The number of hydrogen-bond donors (Lipinski definition) is 0. The van der Waals surface area contributed by atoms with Gasteiger partial charge in [-0.05, 0) is 43.5 Å². The molecule has 1 saturated heterocycles. The smallest absolute Gasteiger partial charge is 0.191 e. The van der Waals surface area contributed by atoms with E-state index in [1.807, 2.05) is 25.1 Å². The summed E-state index contributed by atoms with van der Waals surface area (Å²) in [4.78, 5) is 0. The molecule has 0 spiro atoms. The van der Waals surface area contributed by atoms with Gasteiger partial charge in [-0.2, -0.15) is 0 Å². The molecule has 1 aliphatic rings. The Morgan fingerprint density at radius 2 is 2.22 bits per heavy atom. The van der Waals surface area contributed by atoms with Crippen LogP contribution in [0.1, 0.15) is 24.2 Å². The lowest BCUT2D eigenvalue weighted by Crippen LogP contribution is -2.16. The molecule has 7 heteroatoms. The van der Waals surface area contributed by atoms with Gasteiger partial charge < -0.3 is 13.9 Å². The van der Waals surface area contributed by atoms with Gasteiger partial charge in [-0.15, -0.1) is 10.2 Å². The molecule has 142 valence electrons. The van der Waals surface area contributed by atoms with Crippen molar-refractivity contribution in [2.75, 3.05) is 13.7 Å². The topological polar surface area (TPSA) is 62.3 Å². The molecule has 0 bridgehead atoms. The van der Waals surface area contributed by atoms with Gasteiger partial charge >= 0.3 is 0 Å². The maximum absolute atomic E-state index is 5.85. The van der Waals surface area contributed by atoms with E-state index in [4.69, 9.17) is 13.9 Å². The number of aromatic nitrogens is 3. The van der Waals surface area contributed by atoms with Crippen molar-refractivity contribution in [2.45, 2.75) is 43.3 Å². The molecule has 27 heavy (non-hydrogen) atoms. The molecular formula is C20H23N3O3S. The van der Waals surface area contributed by atoms with Gasteiger partial charge in [0.1, 0.15) is 11.5 Å². The van der Waals surface area contributed by atoms with Gasteiger partial charge in [-0.3, -0.25) is 4.57 Å². The molecule has 3 aromatic rings. The molecule has 1 atom stereocenters. The zero-order chi connectivity index (χ0) is 18.6. The van der Waals surface area contributed by atoms with E-state index in [1.54, 1.807) is 25.1 Å². The van der Waals surface area contributed by atoms with Crippen molar-refractivity contribution in [1.29, 1.82) is 0 Å².